The smallest absolute Gasteiger partial charge is 0.228 e. The summed E-state index contributed by atoms with van der Waals surface area (Å²) in [5.74, 6) is 1.24. The van der Waals surface area contributed by atoms with Crippen LogP contribution < -0.4 is 16.4 Å². The SMILES string of the molecule is COCCc1c(N)nc(N2CCOCC2)nc1-c1cnc(N)nc1. The van der Waals surface area contributed by atoms with Crippen molar-refractivity contribution in [2.75, 3.05) is 56.4 Å². The van der Waals surface area contributed by atoms with Gasteiger partial charge in [-0.05, 0) is 0 Å². The van der Waals surface area contributed by atoms with Gasteiger partial charge in [0.05, 0.1) is 25.5 Å². The van der Waals surface area contributed by atoms with E-state index < -0.39 is 0 Å². The molecule has 9 nitrogen and oxygen atoms in total. The molecule has 0 atom stereocenters. The van der Waals surface area contributed by atoms with Crippen molar-refractivity contribution in [2.24, 2.45) is 0 Å². The number of hydrogen-bond acceptors (Lipinski definition) is 9. The lowest BCUT2D eigenvalue weighted by Crippen LogP contribution is -2.37. The predicted molar refractivity (Wildman–Crippen MR) is 90.5 cm³/mol. The molecular weight excluding hydrogens is 310 g/mol. The van der Waals surface area contributed by atoms with Crippen LogP contribution >= 0.6 is 0 Å². The van der Waals surface area contributed by atoms with Gasteiger partial charge in [-0.2, -0.15) is 4.98 Å². The zero-order chi connectivity index (χ0) is 16.9. The van der Waals surface area contributed by atoms with E-state index >= 15 is 0 Å². The first-order valence-corrected chi connectivity index (χ1v) is 7.75. The first kappa shape index (κ1) is 16.3. The van der Waals surface area contributed by atoms with Crippen molar-refractivity contribution in [1.82, 2.24) is 19.9 Å². The minimum absolute atomic E-state index is 0.215. The third kappa shape index (κ3) is 3.52. The Labute approximate surface area is 140 Å². The van der Waals surface area contributed by atoms with Gasteiger partial charge < -0.3 is 25.8 Å². The molecule has 0 aromatic carbocycles. The van der Waals surface area contributed by atoms with Crippen molar-refractivity contribution in [3.05, 3.63) is 18.0 Å². The second-order valence-electron chi connectivity index (χ2n) is 5.41. The van der Waals surface area contributed by atoms with E-state index in [4.69, 9.17) is 25.9 Å². The van der Waals surface area contributed by atoms with Gasteiger partial charge in [-0.3, -0.25) is 0 Å². The van der Waals surface area contributed by atoms with Crippen molar-refractivity contribution in [1.29, 1.82) is 0 Å². The van der Waals surface area contributed by atoms with Gasteiger partial charge in [-0.1, -0.05) is 0 Å². The molecule has 24 heavy (non-hydrogen) atoms. The van der Waals surface area contributed by atoms with Gasteiger partial charge in [-0.25, -0.2) is 15.0 Å². The number of nitrogens with zero attached hydrogens (tertiary/aromatic N) is 5. The summed E-state index contributed by atoms with van der Waals surface area (Å²) >= 11 is 0. The topological polar surface area (TPSA) is 125 Å². The first-order valence-electron chi connectivity index (χ1n) is 7.75. The summed E-state index contributed by atoms with van der Waals surface area (Å²) in [5, 5.41) is 0. The predicted octanol–water partition coefficient (Wildman–Crippen LogP) is 0.124. The lowest BCUT2D eigenvalue weighted by molar-refractivity contribution is 0.122. The van der Waals surface area contributed by atoms with Gasteiger partial charge >= 0.3 is 0 Å². The fraction of sp³-hybridized carbons (Fsp3) is 0.467. The van der Waals surface area contributed by atoms with E-state index in [2.05, 4.69) is 19.9 Å². The maximum Gasteiger partial charge on any atom is 0.228 e. The molecule has 0 spiro atoms. The normalized spacial score (nSPS) is 14.8. The van der Waals surface area contributed by atoms with Crippen LogP contribution in [0, 0.1) is 0 Å². The summed E-state index contributed by atoms with van der Waals surface area (Å²) in [4.78, 5) is 19.3. The van der Waals surface area contributed by atoms with E-state index in [1.807, 2.05) is 0 Å². The Morgan fingerprint density at radius 3 is 2.54 bits per heavy atom. The van der Waals surface area contributed by atoms with Crippen LogP contribution in [0.5, 0.6) is 0 Å². The molecule has 128 valence electrons. The van der Waals surface area contributed by atoms with Crippen molar-refractivity contribution in [3.63, 3.8) is 0 Å². The number of morpholine rings is 1. The number of rotatable bonds is 5. The summed E-state index contributed by atoms with van der Waals surface area (Å²) in [6, 6.07) is 0. The van der Waals surface area contributed by atoms with Crippen LogP contribution in [0.3, 0.4) is 0 Å². The van der Waals surface area contributed by atoms with E-state index in [-0.39, 0.29) is 5.95 Å². The molecule has 4 N–H and O–H groups in total. The molecule has 3 heterocycles. The fourth-order valence-corrected chi connectivity index (χ4v) is 2.54. The summed E-state index contributed by atoms with van der Waals surface area (Å²) in [6.45, 7) is 3.28. The lowest BCUT2D eigenvalue weighted by Gasteiger charge is -2.27. The van der Waals surface area contributed by atoms with Crippen LogP contribution in [-0.4, -0.2) is 60.0 Å². The molecule has 3 rings (SSSR count). The molecule has 2 aromatic rings. The highest BCUT2D eigenvalue weighted by Crippen LogP contribution is 2.27. The van der Waals surface area contributed by atoms with E-state index in [0.29, 0.717) is 43.7 Å². The quantitative estimate of drug-likeness (QED) is 0.785. The third-order valence-corrected chi connectivity index (χ3v) is 3.82. The highest BCUT2D eigenvalue weighted by atomic mass is 16.5. The van der Waals surface area contributed by atoms with Crippen molar-refractivity contribution in [2.45, 2.75) is 6.42 Å². The van der Waals surface area contributed by atoms with Crippen LogP contribution in [0.2, 0.25) is 0 Å². The van der Waals surface area contributed by atoms with Crippen molar-refractivity contribution in [3.8, 4) is 11.3 Å². The monoisotopic (exact) mass is 331 g/mol. The van der Waals surface area contributed by atoms with Crippen LogP contribution in [0.4, 0.5) is 17.7 Å². The number of hydrogen-bond donors (Lipinski definition) is 2. The van der Waals surface area contributed by atoms with Gasteiger partial charge in [0.1, 0.15) is 5.82 Å². The molecule has 9 heteroatoms. The van der Waals surface area contributed by atoms with Crippen molar-refractivity contribution >= 4 is 17.7 Å². The summed E-state index contributed by atoms with van der Waals surface area (Å²) < 4.78 is 10.5. The Morgan fingerprint density at radius 2 is 1.88 bits per heavy atom. The second-order valence-corrected chi connectivity index (χ2v) is 5.41. The minimum Gasteiger partial charge on any atom is -0.384 e. The summed E-state index contributed by atoms with van der Waals surface area (Å²) in [6.07, 6.45) is 3.89. The molecule has 0 amide bonds. The van der Waals surface area contributed by atoms with E-state index in [1.54, 1.807) is 19.5 Å². The highest BCUT2D eigenvalue weighted by molar-refractivity contribution is 5.68. The molecule has 1 aliphatic rings. The summed E-state index contributed by atoms with van der Waals surface area (Å²) in [5.41, 5.74) is 14.1. The van der Waals surface area contributed by atoms with Gasteiger partial charge in [-0.15, -0.1) is 0 Å². The van der Waals surface area contributed by atoms with Gasteiger partial charge in [0, 0.05) is 50.1 Å². The number of anilines is 3. The van der Waals surface area contributed by atoms with E-state index in [9.17, 15) is 0 Å². The zero-order valence-corrected chi connectivity index (χ0v) is 13.6. The van der Waals surface area contributed by atoms with Crippen LogP contribution in [0.25, 0.3) is 11.3 Å². The molecule has 1 aliphatic heterocycles. The average Bonchev–Trinajstić information content (AvgIpc) is 2.61. The molecule has 0 unspecified atom stereocenters. The molecular formula is C15H21N7O2. The molecule has 2 aromatic heterocycles. The fourth-order valence-electron chi connectivity index (χ4n) is 2.54. The first-order chi connectivity index (χ1) is 11.7. The molecule has 0 aliphatic carbocycles. The number of ether oxygens (including phenoxy) is 2. The Bertz CT molecular complexity index is 687. The maximum absolute atomic E-state index is 6.21. The van der Waals surface area contributed by atoms with Gasteiger partial charge in [0.2, 0.25) is 11.9 Å². The van der Waals surface area contributed by atoms with Crippen LogP contribution in [-0.2, 0) is 15.9 Å². The van der Waals surface area contributed by atoms with Gasteiger partial charge in [0.15, 0.2) is 0 Å². The van der Waals surface area contributed by atoms with E-state index in [0.717, 1.165) is 24.2 Å². The summed E-state index contributed by atoms with van der Waals surface area (Å²) in [7, 11) is 1.64. The second kappa shape index (κ2) is 7.37. The molecule has 0 bridgehead atoms. The molecule has 1 fully saturated rings. The van der Waals surface area contributed by atoms with Crippen LogP contribution in [0.1, 0.15) is 5.56 Å². The lowest BCUT2D eigenvalue weighted by atomic mass is 10.1. The maximum atomic E-state index is 6.21. The van der Waals surface area contributed by atoms with Gasteiger partial charge in [0.25, 0.3) is 0 Å². The average molecular weight is 331 g/mol. The van der Waals surface area contributed by atoms with Crippen LogP contribution in [0.15, 0.2) is 12.4 Å². The molecule has 0 radical (unpaired) electrons. The minimum atomic E-state index is 0.215. The van der Waals surface area contributed by atoms with Crippen molar-refractivity contribution < 1.29 is 9.47 Å². The number of methoxy groups -OCH3 is 1. The largest absolute Gasteiger partial charge is 0.384 e. The molecule has 0 saturated carbocycles. The Balaban J connectivity index is 2.03. The van der Waals surface area contributed by atoms with E-state index in [1.165, 1.54) is 0 Å². The Kier molecular flexibility index (Phi) is 5.02. The Morgan fingerprint density at radius 1 is 1.17 bits per heavy atom. The zero-order valence-electron chi connectivity index (χ0n) is 13.6. The standard InChI is InChI=1S/C15H21N7O2/c1-23-5-2-11-12(10-8-18-14(17)19-9-10)20-15(21-13(11)16)22-3-6-24-7-4-22/h8-9H,2-7H2,1H3,(H2,16,20,21)(H2,17,18,19). The molecule has 1 saturated heterocycles. The Hall–Kier alpha value is -2.52. The highest BCUT2D eigenvalue weighted by Gasteiger charge is 2.20. The number of nitrogens with two attached hydrogens (primary N) is 2. The third-order valence-electron chi connectivity index (χ3n) is 3.82. The number of aromatic nitrogens is 4. The number of nitrogen functional groups attached to an aromatic ring is 2.